The lowest BCUT2D eigenvalue weighted by atomic mass is 10.1. The lowest BCUT2D eigenvalue weighted by Gasteiger charge is -2.06. The molecule has 0 atom stereocenters. The van der Waals surface area contributed by atoms with Crippen LogP contribution in [0.2, 0.25) is 0 Å². The topological polar surface area (TPSA) is 89.7 Å². The van der Waals surface area contributed by atoms with Crippen molar-refractivity contribution >= 4 is 17.7 Å². The number of nitro benzene ring substituents is 1. The minimum Gasteiger partial charge on any atom is -0.489 e. The molecule has 0 saturated carbocycles. The zero-order valence-corrected chi connectivity index (χ0v) is 10.3. The van der Waals surface area contributed by atoms with Gasteiger partial charge in [0.1, 0.15) is 12.4 Å². The fraction of sp³-hybridized carbons (Fsp3) is 0.154. The number of ether oxygens (including phenoxy) is 1. The monoisotopic (exact) mass is 263 g/mol. The van der Waals surface area contributed by atoms with Gasteiger partial charge in [-0.2, -0.15) is 0 Å². The lowest BCUT2D eigenvalue weighted by molar-refractivity contribution is -0.384. The Labute approximate surface area is 109 Å². The summed E-state index contributed by atoms with van der Waals surface area (Å²) in [6.45, 7) is 2.15. The highest BCUT2D eigenvalue weighted by Gasteiger charge is 2.10. The molecule has 0 unspecified atom stereocenters. The van der Waals surface area contributed by atoms with Crippen LogP contribution in [-0.2, 0) is 4.79 Å². The molecule has 1 N–H and O–H groups in total. The van der Waals surface area contributed by atoms with Gasteiger partial charge in [0.15, 0.2) is 0 Å². The van der Waals surface area contributed by atoms with Crippen molar-refractivity contribution in [2.45, 2.75) is 6.92 Å². The van der Waals surface area contributed by atoms with Gasteiger partial charge in [-0.25, -0.2) is 4.79 Å². The molecule has 0 heterocycles. The number of aliphatic carboxylic acids is 1. The van der Waals surface area contributed by atoms with E-state index in [2.05, 4.69) is 0 Å². The summed E-state index contributed by atoms with van der Waals surface area (Å²) in [6.07, 6.45) is 5.74. The first-order valence-electron chi connectivity index (χ1n) is 5.48. The minimum absolute atomic E-state index is 0.122. The first-order valence-corrected chi connectivity index (χ1v) is 5.48. The average molecular weight is 263 g/mol. The van der Waals surface area contributed by atoms with Crippen molar-refractivity contribution in [2.24, 2.45) is 0 Å². The van der Waals surface area contributed by atoms with E-state index in [4.69, 9.17) is 9.84 Å². The second-order valence-electron chi connectivity index (χ2n) is 3.53. The number of nitro groups is 1. The van der Waals surface area contributed by atoms with Gasteiger partial charge in [0.05, 0.1) is 4.92 Å². The molecule has 6 heteroatoms. The van der Waals surface area contributed by atoms with Crippen LogP contribution in [0, 0.1) is 10.1 Å². The van der Waals surface area contributed by atoms with Gasteiger partial charge in [0.2, 0.25) is 0 Å². The molecule has 6 nitrogen and oxygen atoms in total. The van der Waals surface area contributed by atoms with E-state index in [-0.39, 0.29) is 5.69 Å². The van der Waals surface area contributed by atoms with Crippen molar-refractivity contribution in [3.05, 3.63) is 52.1 Å². The molecule has 1 aromatic rings. The predicted octanol–water partition coefficient (Wildman–Crippen LogP) is 2.65. The molecule has 0 amide bonds. The van der Waals surface area contributed by atoms with Crippen molar-refractivity contribution < 1.29 is 19.6 Å². The Morgan fingerprint density at radius 3 is 2.84 bits per heavy atom. The number of rotatable bonds is 6. The third-order valence-corrected chi connectivity index (χ3v) is 2.18. The number of non-ortho nitro benzene ring substituents is 1. The van der Waals surface area contributed by atoms with Gasteiger partial charge in [-0.05, 0) is 19.1 Å². The molecule has 0 bridgehead atoms. The number of carboxylic acid groups (broad SMARTS) is 1. The SMILES string of the molecule is C/C=C/COc1ccc([N+](=O)[O-])cc1/C=C/C(=O)O. The molecule has 0 spiro atoms. The van der Waals surface area contributed by atoms with Crippen LogP contribution in [0.15, 0.2) is 36.4 Å². The van der Waals surface area contributed by atoms with E-state index in [1.165, 1.54) is 24.3 Å². The number of allylic oxidation sites excluding steroid dienone is 1. The van der Waals surface area contributed by atoms with Crippen LogP contribution < -0.4 is 4.74 Å². The smallest absolute Gasteiger partial charge is 0.328 e. The maximum absolute atomic E-state index is 10.7. The fourth-order valence-corrected chi connectivity index (χ4v) is 1.31. The summed E-state index contributed by atoms with van der Waals surface area (Å²) in [5, 5.41) is 19.3. The summed E-state index contributed by atoms with van der Waals surface area (Å²) >= 11 is 0. The highest BCUT2D eigenvalue weighted by atomic mass is 16.6. The second kappa shape index (κ2) is 6.95. The van der Waals surface area contributed by atoms with E-state index in [0.717, 1.165) is 6.08 Å². The number of carboxylic acids is 1. The van der Waals surface area contributed by atoms with Gasteiger partial charge in [0.25, 0.3) is 5.69 Å². The third-order valence-electron chi connectivity index (χ3n) is 2.18. The molecule has 1 aromatic carbocycles. The Kier molecular flexibility index (Phi) is 5.28. The number of hydrogen-bond donors (Lipinski definition) is 1. The Morgan fingerprint density at radius 2 is 2.26 bits per heavy atom. The van der Waals surface area contributed by atoms with Crippen LogP contribution in [0.4, 0.5) is 5.69 Å². The number of nitrogens with zero attached hydrogens (tertiary/aromatic N) is 1. The number of benzene rings is 1. The molecule has 0 aliphatic carbocycles. The molecular formula is C13H13NO5. The van der Waals surface area contributed by atoms with Crippen LogP contribution >= 0.6 is 0 Å². The van der Waals surface area contributed by atoms with Gasteiger partial charge in [-0.3, -0.25) is 10.1 Å². The Balaban J connectivity index is 3.06. The van der Waals surface area contributed by atoms with Crippen molar-refractivity contribution in [3.8, 4) is 5.75 Å². The summed E-state index contributed by atoms with van der Waals surface area (Å²) in [6, 6.07) is 4.02. The zero-order valence-electron chi connectivity index (χ0n) is 10.3. The summed E-state index contributed by atoms with van der Waals surface area (Å²) in [5.74, 6) is -0.743. The molecule has 1 rings (SSSR count). The van der Waals surface area contributed by atoms with Crippen LogP contribution in [0.3, 0.4) is 0 Å². The predicted molar refractivity (Wildman–Crippen MR) is 70.1 cm³/mol. The van der Waals surface area contributed by atoms with E-state index in [1.54, 1.807) is 12.2 Å². The first kappa shape index (κ1) is 14.4. The Bertz CT molecular complexity index is 534. The van der Waals surface area contributed by atoms with Crippen LogP contribution in [0.5, 0.6) is 5.75 Å². The second-order valence-corrected chi connectivity index (χ2v) is 3.53. The quantitative estimate of drug-likeness (QED) is 0.369. The fourth-order valence-electron chi connectivity index (χ4n) is 1.31. The number of carbonyl (C=O) groups is 1. The highest BCUT2D eigenvalue weighted by molar-refractivity contribution is 5.86. The Morgan fingerprint density at radius 1 is 1.53 bits per heavy atom. The minimum atomic E-state index is -1.13. The van der Waals surface area contributed by atoms with Gasteiger partial charge in [-0.15, -0.1) is 0 Å². The zero-order chi connectivity index (χ0) is 14.3. The molecule has 19 heavy (non-hydrogen) atoms. The van der Waals surface area contributed by atoms with E-state index in [9.17, 15) is 14.9 Å². The van der Waals surface area contributed by atoms with Crippen molar-refractivity contribution in [2.75, 3.05) is 6.61 Å². The first-order chi connectivity index (χ1) is 9.04. The van der Waals surface area contributed by atoms with Crippen molar-refractivity contribution in [1.29, 1.82) is 0 Å². The number of hydrogen-bond acceptors (Lipinski definition) is 4. The largest absolute Gasteiger partial charge is 0.489 e. The molecule has 0 aliphatic rings. The lowest BCUT2D eigenvalue weighted by Crippen LogP contribution is -1.97. The molecule has 100 valence electrons. The van der Waals surface area contributed by atoms with Crippen molar-refractivity contribution in [3.63, 3.8) is 0 Å². The molecule has 0 aromatic heterocycles. The summed E-state index contributed by atoms with van der Waals surface area (Å²) in [7, 11) is 0. The van der Waals surface area contributed by atoms with Gasteiger partial charge < -0.3 is 9.84 Å². The standard InChI is InChI=1S/C13H13NO5/c1-2-3-8-19-12-6-5-11(14(17)18)9-10(12)4-7-13(15)16/h2-7,9H,8H2,1H3,(H,15,16)/b3-2+,7-4+. The van der Waals surface area contributed by atoms with E-state index in [1.807, 2.05) is 6.92 Å². The van der Waals surface area contributed by atoms with Crippen LogP contribution in [0.1, 0.15) is 12.5 Å². The summed E-state index contributed by atoms with van der Waals surface area (Å²) < 4.78 is 5.39. The summed E-state index contributed by atoms with van der Waals surface area (Å²) in [4.78, 5) is 20.6. The average Bonchev–Trinajstić information content (AvgIpc) is 2.37. The van der Waals surface area contributed by atoms with E-state index in [0.29, 0.717) is 17.9 Å². The van der Waals surface area contributed by atoms with E-state index >= 15 is 0 Å². The molecular weight excluding hydrogens is 250 g/mol. The molecule has 0 aliphatic heterocycles. The highest BCUT2D eigenvalue weighted by Crippen LogP contribution is 2.25. The normalized spacial score (nSPS) is 11.0. The molecule has 0 saturated heterocycles. The van der Waals surface area contributed by atoms with Crippen LogP contribution in [-0.4, -0.2) is 22.6 Å². The van der Waals surface area contributed by atoms with Gasteiger partial charge >= 0.3 is 5.97 Å². The maximum Gasteiger partial charge on any atom is 0.328 e. The van der Waals surface area contributed by atoms with Crippen molar-refractivity contribution in [1.82, 2.24) is 0 Å². The Hall–Kier alpha value is -2.63. The molecule has 0 fully saturated rings. The third kappa shape index (κ3) is 4.63. The van der Waals surface area contributed by atoms with Crippen LogP contribution in [0.25, 0.3) is 6.08 Å². The van der Waals surface area contributed by atoms with Gasteiger partial charge in [-0.1, -0.05) is 12.2 Å². The van der Waals surface area contributed by atoms with E-state index < -0.39 is 10.9 Å². The van der Waals surface area contributed by atoms with Gasteiger partial charge in [0, 0.05) is 23.8 Å². The summed E-state index contributed by atoms with van der Waals surface area (Å²) in [5.41, 5.74) is 0.226. The maximum atomic E-state index is 10.7. The molecule has 0 radical (unpaired) electrons.